The highest BCUT2D eigenvalue weighted by Crippen LogP contribution is 2.28. The Morgan fingerprint density at radius 3 is 2.59 bits per heavy atom. The number of nitrogens with zero attached hydrogens (tertiary/aromatic N) is 4. The summed E-state index contributed by atoms with van der Waals surface area (Å²) in [6.45, 7) is 0. The zero-order valence-corrected chi connectivity index (χ0v) is 18.6. The average Bonchev–Trinajstić information content (AvgIpc) is 3.19. The number of aromatic nitrogens is 3. The summed E-state index contributed by atoms with van der Waals surface area (Å²) >= 11 is 5.99. The molecular weight excluding hydrogens is 435 g/mol. The van der Waals surface area contributed by atoms with Crippen LogP contribution in [0.3, 0.4) is 0 Å². The van der Waals surface area contributed by atoms with Crippen LogP contribution >= 0.6 is 11.6 Å². The Kier molecular flexibility index (Phi) is 6.27. The monoisotopic (exact) mass is 458 g/mol. The molecule has 1 aliphatic carbocycles. The molecule has 8 nitrogen and oxygen atoms in total. The first-order valence-electron chi connectivity index (χ1n) is 10.4. The summed E-state index contributed by atoms with van der Waals surface area (Å²) in [7, 11) is 3.76. The van der Waals surface area contributed by atoms with Gasteiger partial charge in [-0.15, -0.1) is 5.10 Å². The molecule has 1 fully saturated rings. The van der Waals surface area contributed by atoms with Gasteiger partial charge in [-0.05, 0) is 56.0 Å². The van der Waals surface area contributed by atoms with Crippen LogP contribution in [0.1, 0.15) is 36.2 Å². The molecule has 1 aromatic carbocycles. The van der Waals surface area contributed by atoms with Crippen LogP contribution in [0, 0.1) is 11.7 Å². The number of fused-ring (bicyclic) bond motifs is 1. The van der Waals surface area contributed by atoms with Crippen molar-refractivity contribution in [1.29, 1.82) is 0 Å². The number of halogens is 2. The van der Waals surface area contributed by atoms with Gasteiger partial charge in [0.1, 0.15) is 11.6 Å². The van der Waals surface area contributed by atoms with E-state index in [4.69, 9.17) is 11.6 Å². The van der Waals surface area contributed by atoms with Gasteiger partial charge in [-0.25, -0.2) is 13.9 Å². The zero-order valence-electron chi connectivity index (χ0n) is 17.8. The number of hydrogen-bond acceptors (Lipinski definition) is 5. The highest BCUT2D eigenvalue weighted by atomic mass is 35.5. The number of imidazole rings is 1. The SMILES string of the molecule is CN(C)c1ccc2ncc(C(=O)NC3CCC(C(=O)Nc4ccc(F)cc4Cl)CC3)n2n1. The maximum atomic E-state index is 13.2. The van der Waals surface area contributed by atoms with Gasteiger partial charge in [0.25, 0.3) is 5.91 Å². The molecule has 0 atom stereocenters. The Balaban J connectivity index is 1.35. The number of benzene rings is 1. The van der Waals surface area contributed by atoms with Crippen LogP contribution in [-0.4, -0.2) is 46.5 Å². The van der Waals surface area contributed by atoms with Gasteiger partial charge in [0.15, 0.2) is 11.3 Å². The lowest BCUT2D eigenvalue weighted by atomic mass is 9.85. The minimum atomic E-state index is -0.455. The lowest BCUT2D eigenvalue weighted by Crippen LogP contribution is -2.40. The molecule has 0 radical (unpaired) electrons. The molecule has 1 saturated carbocycles. The number of anilines is 2. The predicted octanol–water partition coefficient (Wildman–Crippen LogP) is 3.52. The smallest absolute Gasteiger partial charge is 0.271 e. The van der Waals surface area contributed by atoms with Crippen molar-refractivity contribution in [3.05, 3.63) is 53.1 Å². The first-order valence-corrected chi connectivity index (χ1v) is 10.8. The summed E-state index contributed by atoms with van der Waals surface area (Å²) in [6.07, 6.45) is 4.13. The summed E-state index contributed by atoms with van der Waals surface area (Å²) in [6, 6.07) is 7.49. The Hall–Kier alpha value is -3.20. The van der Waals surface area contributed by atoms with Crippen molar-refractivity contribution < 1.29 is 14.0 Å². The average molecular weight is 459 g/mol. The number of hydrogen-bond donors (Lipinski definition) is 2. The van der Waals surface area contributed by atoms with Gasteiger partial charge in [0.2, 0.25) is 5.91 Å². The van der Waals surface area contributed by atoms with E-state index in [1.807, 2.05) is 31.1 Å². The van der Waals surface area contributed by atoms with Gasteiger partial charge in [0.05, 0.1) is 16.9 Å². The third-order valence-electron chi connectivity index (χ3n) is 5.66. The van der Waals surface area contributed by atoms with Gasteiger partial charge >= 0.3 is 0 Å². The van der Waals surface area contributed by atoms with E-state index in [1.165, 1.54) is 28.9 Å². The zero-order chi connectivity index (χ0) is 22.8. The molecule has 0 bridgehead atoms. The Morgan fingerprint density at radius 1 is 1.16 bits per heavy atom. The second kappa shape index (κ2) is 9.12. The lowest BCUT2D eigenvalue weighted by Gasteiger charge is -2.28. The topological polar surface area (TPSA) is 91.6 Å². The highest BCUT2D eigenvalue weighted by molar-refractivity contribution is 6.33. The molecule has 2 heterocycles. The maximum absolute atomic E-state index is 13.2. The Bertz CT molecular complexity index is 1160. The Labute approximate surface area is 189 Å². The molecule has 0 spiro atoms. The van der Waals surface area contributed by atoms with Crippen LogP contribution in [0.15, 0.2) is 36.5 Å². The van der Waals surface area contributed by atoms with E-state index in [-0.39, 0.29) is 28.8 Å². The number of carbonyl (C=O) groups excluding carboxylic acids is 2. The second-order valence-electron chi connectivity index (χ2n) is 8.13. The quantitative estimate of drug-likeness (QED) is 0.610. The minimum absolute atomic E-state index is 0.0384. The fraction of sp³-hybridized carbons (Fsp3) is 0.364. The molecule has 2 N–H and O–H groups in total. The molecule has 2 amide bonds. The summed E-state index contributed by atoms with van der Waals surface area (Å²) in [5.74, 6) is -0.317. The van der Waals surface area contributed by atoms with Gasteiger partial charge in [-0.2, -0.15) is 0 Å². The van der Waals surface area contributed by atoms with Crippen molar-refractivity contribution in [3.63, 3.8) is 0 Å². The molecule has 3 aromatic rings. The normalized spacial score (nSPS) is 18.4. The number of carbonyl (C=O) groups is 2. The van der Waals surface area contributed by atoms with Crippen molar-refractivity contribution in [2.75, 3.05) is 24.3 Å². The fourth-order valence-corrected chi connectivity index (χ4v) is 4.06. The van der Waals surface area contributed by atoms with Crippen molar-refractivity contribution in [3.8, 4) is 0 Å². The van der Waals surface area contributed by atoms with Crippen molar-refractivity contribution >= 4 is 40.6 Å². The molecule has 0 saturated heterocycles. The molecule has 168 valence electrons. The lowest BCUT2D eigenvalue weighted by molar-refractivity contribution is -0.120. The molecule has 0 aliphatic heterocycles. The summed E-state index contributed by atoms with van der Waals surface area (Å²) in [4.78, 5) is 31.5. The van der Waals surface area contributed by atoms with Crippen LogP contribution in [0.2, 0.25) is 5.02 Å². The van der Waals surface area contributed by atoms with Gasteiger partial charge in [0, 0.05) is 26.1 Å². The van der Waals surface area contributed by atoms with E-state index in [0.717, 1.165) is 5.82 Å². The molecular formula is C22H24ClFN6O2. The van der Waals surface area contributed by atoms with Crippen molar-refractivity contribution in [1.82, 2.24) is 19.9 Å². The first kappa shape index (κ1) is 22.0. The van der Waals surface area contributed by atoms with E-state index in [9.17, 15) is 14.0 Å². The number of nitrogens with one attached hydrogen (secondary N) is 2. The van der Waals surface area contributed by atoms with Crippen LogP contribution in [0.25, 0.3) is 5.65 Å². The molecule has 1 aliphatic rings. The summed E-state index contributed by atoms with van der Waals surface area (Å²) in [5.41, 5.74) is 1.36. The van der Waals surface area contributed by atoms with Crippen LogP contribution < -0.4 is 15.5 Å². The van der Waals surface area contributed by atoms with Crippen LogP contribution in [0.4, 0.5) is 15.9 Å². The summed E-state index contributed by atoms with van der Waals surface area (Å²) in [5, 5.41) is 10.4. The van der Waals surface area contributed by atoms with Crippen molar-refractivity contribution in [2.24, 2.45) is 5.92 Å². The predicted molar refractivity (Wildman–Crippen MR) is 121 cm³/mol. The highest BCUT2D eigenvalue weighted by Gasteiger charge is 2.28. The minimum Gasteiger partial charge on any atom is -0.361 e. The number of rotatable bonds is 5. The van der Waals surface area contributed by atoms with Crippen LogP contribution in [-0.2, 0) is 4.79 Å². The second-order valence-corrected chi connectivity index (χ2v) is 8.54. The first-order chi connectivity index (χ1) is 15.3. The molecule has 32 heavy (non-hydrogen) atoms. The molecule has 2 aromatic heterocycles. The third-order valence-corrected chi connectivity index (χ3v) is 5.97. The Morgan fingerprint density at radius 2 is 1.91 bits per heavy atom. The van der Waals surface area contributed by atoms with Gasteiger partial charge < -0.3 is 15.5 Å². The molecule has 0 unspecified atom stereocenters. The fourth-order valence-electron chi connectivity index (χ4n) is 3.84. The number of amides is 2. The van der Waals surface area contributed by atoms with Crippen LogP contribution in [0.5, 0.6) is 0 Å². The maximum Gasteiger partial charge on any atom is 0.271 e. The van der Waals surface area contributed by atoms with Gasteiger partial charge in [-0.1, -0.05) is 11.6 Å². The molecule has 10 heteroatoms. The van der Waals surface area contributed by atoms with E-state index in [2.05, 4.69) is 20.7 Å². The van der Waals surface area contributed by atoms with Gasteiger partial charge in [-0.3, -0.25) is 9.59 Å². The third kappa shape index (κ3) is 4.67. The van der Waals surface area contributed by atoms with E-state index in [1.54, 1.807) is 0 Å². The molecule has 4 rings (SSSR count). The van der Waals surface area contributed by atoms with E-state index >= 15 is 0 Å². The van der Waals surface area contributed by atoms with E-state index < -0.39 is 5.82 Å². The largest absolute Gasteiger partial charge is 0.361 e. The summed E-state index contributed by atoms with van der Waals surface area (Å²) < 4.78 is 14.7. The standard InChI is InChI=1S/C22H24ClFN6O2/c1-29(2)20-10-9-19-25-12-18(30(19)28-20)22(32)26-15-6-3-13(4-7-15)21(31)27-17-8-5-14(24)11-16(17)23/h5,8-13,15H,3-4,6-7H2,1-2H3,(H,26,32)(H,27,31). The van der Waals surface area contributed by atoms with E-state index in [0.29, 0.717) is 42.7 Å². The van der Waals surface area contributed by atoms with Crippen molar-refractivity contribution in [2.45, 2.75) is 31.7 Å².